The Morgan fingerprint density at radius 3 is 2.75 bits per heavy atom. The molecule has 1 fully saturated rings. The Morgan fingerprint density at radius 2 is 2.07 bits per heavy atom. The number of nitrogens with two attached hydrogens (primary N) is 1. The van der Waals surface area contributed by atoms with Crippen molar-refractivity contribution < 1.29 is 18.7 Å². The maximum absolute atomic E-state index is 12.5. The molecule has 7 nitrogen and oxygen atoms in total. The third-order valence-corrected chi connectivity index (χ3v) is 5.28. The fourth-order valence-corrected chi connectivity index (χ4v) is 3.77. The van der Waals surface area contributed by atoms with Gasteiger partial charge in [0.2, 0.25) is 0 Å². The van der Waals surface area contributed by atoms with E-state index in [-0.39, 0.29) is 19.1 Å². The highest BCUT2D eigenvalue weighted by molar-refractivity contribution is 5.82. The number of ether oxygens (including phenoxy) is 1. The lowest BCUT2D eigenvalue weighted by molar-refractivity contribution is -0.151. The van der Waals surface area contributed by atoms with E-state index >= 15 is 0 Å². The molecule has 150 valence electrons. The number of likely N-dealkylation sites (tertiary alicyclic amines) is 1. The fourth-order valence-electron chi connectivity index (χ4n) is 3.77. The average Bonchev–Trinajstić information content (AvgIpc) is 2.64. The lowest BCUT2D eigenvalue weighted by Crippen LogP contribution is -2.45. The molecular formula is C21H26N2O5. The number of piperidine rings is 1. The maximum Gasteiger partial charge on any atom is 0.336 e. The van der Waals surface area contributed by atoms with E-state index in [4.69, 9.17) is 14.9 Å². The quantitative estimate of drug-likeness (QED) is 0.642. The van der Waals surface area contributed by atoms with Crippen LogP contribution in [0.1, 0.15) is 49.3 Å². The van der Waals surface area contributed by atoms with Crippen LogP contribution in [0.5, 0.6) is 0 Å². The van der Waals surface area contributed by atoms with Crippen molar-refractivity contribution in [1.29, 1.82) is 0 Å². The molecule has 2 amide bonds. The average molecular weight is 386 g/mol. The third-order valence-electron chi connectivity index (χ3n) is 5.28. The van der Waals surface area contributed by atoms with Gasteiger partial charge in [0, 0.05) is 30.1 Å². The first-order valence-electron chi connectivity index (χ1n) is 9.54. The number of nitrogens with zero attached hydrogens (tertiary/aromatic N) is 1. The molecule has 1 aromatic carbocycles. The number of benzene rings is 1. The molecule has 1 aromatic heterocycles. The summed E-state index contributed by atoms with van der Waals surface area (Å²) in [4.78, 5) is 37.2. The minimum Gasteiger partial charge on any atom is -0.461 e. The van der Waals surface area contributed by atoms with Crippen LogP contribution in [0.4, 0.5) is 4.79 Å². The zero-order valence-electron chi connectivity index (χ0n) is 16.5. The van der Waals surface area contributed by atoms with Crippen molar-refractivity contribution >= 4 is 23.0 Å². The molecule has 0 radical (unpaired) electrons. The molecule has 0 spiro atoms. The van der Waals surface area contributed by atoms with Crippen molar-refractivity contribution in [3.63, 3.8) is 0 Å². The predicted molar refractivity (Wildman–Crippen MR) is 105 cm³/mol. The first-order chi connectivity index (χ1) is 13.3. The van der Waals surface area contributed by atoms with Gasteiger partial charge >= 0.3 is 17.6 Å². The SMILES string of the molecule is Cc1cc2oc(=O)cc(COC(=O)[C@H]3CCCN(C(N)=O)C3)c2cc1C(C)C. The third kappa shape index (κ3) is 4.18. The van der Waals surface area contributed by atoms with E-state index in [1.165, 1.54) is 11.0 Å². The molecule has 2 heterocycles. The number of primary amides is 1. The summed E-state index contributed by atoms with van der Waals surface area (Å²) in [5, 5.41) is 0.768. The highest BCUT2D eigenvalue weighted by Crippen LogP contribution is 2.27. The van der Waals surface area contributed by atoms with Crippen LogP contribution in [0.15, 0.2) is 27.4 Å². The smallest absolute Gasteiger partial charge is 0.336 e. The van der Waals surface area contributed by atoms with Gasteiger partial charge in [0.05, 0.1) is 5.92 Å². The van der Waals surface area contributed by atoms with E-state index in [1.54, 1.807) is 0 Å². The topological polar surface area (TPSA) is 103 Å². The van der Waals surface area contributed by atoms with Crippen molar-refractivity contribution in [1.82, 2.24) is 4.90 Å². The predicted octanol–water partition coefficient (Wildman–Crippen LogP) is 3.06. The summed E-state index contributed by atoms with van der Waals surface area (Å²) < 4.78 is 10.8. The lowest BCUT2D eigenvalue weighted by atomic mass is 9.95. The molecule has 1 saturated heterocycles. The van der Waals surface area contributed by atoms with Crippen LogP contribution in [0.3, 0.4) is 0 Å². The zero-order valence-corrected chi connectivity index (χ0v) is 16.5. The minimum absolute atomic E-state index is 0.0192. The number of amides is 2. The first kappa shape index (κ1) is 19.9. The molecule has 0 unspecified atom stereocenters. The molecule has 0 saturated carbocycles. The fraction of sp³-hybridized carbons (Fsp3) is 0.476. The Balaban J connectivity index is 1.82. The van der Waals surface area contributed by atoms with Crippen molar-refractivity contribution in [3.05, 3.63) is 45.3 Å². The van der Waals surface area contributed by atoms with Crippen LogP contribution in [-0.4, -0.2) is 30.0 Å². The number of carbonyl (C=O) groups is 2. The molecule has 7 heteroatoms. The Kier molecular flexibility index (Phi) is 5.72. The van der Waals surface area contributed by atoms with E-state index in [0.717, 1.165) is 16.5 Å². The Labute approximate surface area is 163 Å². The lowest BCUT2D eigenvalue weighted by Gasteiger charge is -2.30. The summed E-state index contributed by atoms with van der Waals surface area (Å²) in [6.07, 6.45) is 1.36. The van der Waals surface area contributed by atoms with E-state index < -0.39 is 17.6 Å². The largest absolute Gasteiger partial charge is 0.461 e. The normalized spacial score (nSPS) is 17.1. The van der Waals surface area contributed by atoms with E-state index in [1.807, 2.05) is 19.1 Å². The number of hydrogen-bond donors (Lipinski definition) is 1. The second-order valence-corrected chi connectivity index (χ2v) is 7.68. The Hall–Kier alpha value is -2.83. The number of esters is 1. The standard InChI is InChI=1S/C21H26N2O5/c1-12(2)16-9-17-15(8-19(24)28-18(17)7-13(16)3)11-27-20(25)14-5-4-6-23(10-14)21(22)26/h7-9,12,14H,4-6,10-11H2,1-3H3,(H2,22,26)/t14-/m0/s1. The van der Waals surface area contributed by atoms with Gasteiger partial charge in [0.1, 0.15) is 12.2 Å². The number of aryl methyl sites for hydroxylation is 1. The van der Waals surface area contributed by atoms with Crippen molar-refractivity contribution in [2.45, 2.75) is 46.1 Å². The van der Waals surface area contributed by atoms with Crippen LogP contribution in [0, 0.1) is 12.8 Å². The van der Waals surface area contributed by atoms with Crippen molar-refractivity contribution in [3.8, 4) is 0 Å². The summed E-state index contributed by atoms with van der Waals surface area (Å²) in [5.74, 6) is -0.474. The Morgan fingerprint density at radius 1 is 1.32 bits per heavy atom. The monoisotopic (exact) mass is 386 g/mol. The van der Waals surface area contributed by atoms with Crippen LogP contribution in [0.25, 0.3) is 11.0 Å². The summed E-state index contributed by atoms with van der Waals surface area (Å²) in [6.45, 7) is 6.98. The van der Waals surface area contributed by atoms with Gasteiger partial charge in [-0.05, 0) is 48.9 Å². The number of carbonyl (C=O) groups excluding carboxylic acids is 2. The molecule has 0 bridgehead atoms. The van der Waals surface area contributed by atoms with Crippen LogP contribution >= 0.6 is 0 Å². The van der Waals surface area contributed by atoms with Crippen LogP contribution in [0.2, 0.25) is 0 Å². The highest BCUT2D eigenvalue weighted by atomic mass is 16.5. The summed E-state index contributed by atoms with van der Waals surface area (Å²) in [6, 6.07) is 4.69. The molecule has 1 atom stereocenters. The van der Waals surface area contributed by atoms with Crippen LogP contribution in [-0.2, 0) is 16.1 Å². The minimum atomic E-state index is -0.527. The van der Waals surface area contributed by atoms with Gasteiger partial charge in [0.15, 0.2) is 0 Å². The molecule has 1 aliphatic heterocycles. The number of hydrogen-bond acceptors (Lipinski definition) is 5. The van der Waals surface area contributed by atoms with Gasteiger partial charge in [-0.15, -0.1) is 0 Å². The summed E-state index contributed by atoms with van der Waals surface area (Å²) in [7, 11) is 0. The highest BCUT2D eigenvalue weighted by Gasteiger charge is 2.28. The van der Waals surface area contributed by atoms with Crippen molar-refractivity contribution in [2.75, 3.05) is 13.1 Å². The van der Waals surface area contributed by atoms with Gasteiger partial charge in [-0.1, -0.05) is 13.8 Å². The van der Waals surface area contributed by atoms with Gasteiger partial charge in [-0.25, -0.2) is 9.59 Å². The summed E-state index contributed by atoms with van der Waals surface area (Å²) in [5.41, 5.74) is 8.13. The molecule has 1 aliphatic rings. The van der Waals surface area contributed by atoms with E-state index in [9.17, 15) is 14.4 Å². The number of fused-ring (bicyclic) bond motifs is 1. The van der Waals surface area contributed by atoms with Gasteiger partial charge in [-0.2, -0.15) is 0 Å². The van der Waals surface area contributed by atoms with E-state index in [2.05, 4.69) is 13.8 Å². The van der Waals surface area contributed by atoms with Crippen molar-refractivity contribution in [2.24, 2.45) is 11.7 Å². The Bertz CT molecular complexity index is 963. The first-order valence-corrected chi connectivity index (χ1v) is 9.54. The number of rotatable bonds is 4. The maximum atomic E-state index is 12.5. The summed E-state index contributed by atoms with van der Waals surface area (Å²) >= 11 is 0. The second kappa shape index (κ2) is 8.04. The second-order valence-electron chi connectivity index (χ2n) is 7.68. The molecule has 28 heavy (non-hydrogen) atoms. The van der Waals surface area contributed by atoms with Gasteiger partial charge in [-0.3, -0.25) is 4.79 Å². The molecular weight excluding hydrogens is 360 g/mol. The van der Waals surface area contributed by atoms with E-state index in [0.29, 0.717) is 36.5 Å². The molecule has 2 aromatic rings. The molecule has 2 N–H and O–H groups in total. The van der Waals surface area contributed by atoms with Gasteiger partial charge < -0.3 is 19.8 Å². The molecule has 3 rings (SSSR count). The van der Waals surface area contributed by atoms with Crippen LogP contribution < -0.4 is 11.4 Å². The molecule has 0 aliphatic carbocycles. The van der Waals surface area contributed by atoms with Gasteiger partial charge in [0.25, 0.3) is 0 Å². The zero-order chi connectivity index (χ0) is 20.4. The number of urea groups is 1.